The van der Waals surface area contributed by atoms with Gasteiger partial charge in [-0.25, -0.2) is 4.39 Å². The lowest BCUT2D eigenvalue weighted by molar-refractivity contribution is 0.625. The molecule has 0 aliphatic rings. The maximum Gasteiger partial charge on any atom is 0.123 e. The van der Waals surface area contributed by atoms with Gasteiger partial charge in [-0.05, 0) is 57.9 Å². The fourth-order valence-electron chi connectivity index (χ4n) is 2.23. The van der Waals surface area contributed by atoms with E-state index in [1.807, 2.05) is 13.1 Å². The standard InChI is InChI=1S/C17H20BrFN2/c1-3-20-11-13-7-8-17(16(18)10-13)21(2)12-14-5-4-6-15(19)9-14/h4-10,20H,3,11-12H2,1-2H3. The monoisotopic (exact) mass is 350 g/mol. The SMILES string of the molecule is CCNCc1ccc(N(C)Cc2cccc(F)c2)c(Br)c1. The molecule has 0 spiro atoms. The zero-order chi connectivity index (χ0) is 15.2. The van der Waals surface area contributed by atoms with Gasteiger partial charge < -0.3 is 10.2 Å². The van der Waals surface area contributed by atoms with Crippen LogP contribution in [-0.4, -0.2) is 13.6 Å². The van der Waals surface area contributed by atoms with Crippen LogP contribution < -0.4 is 10.2 Å². The average molecular weight is 351 g/mol. The second-order valence-corrected chi connectivity index (χ2v) is 5.91. The maximum absolute atomic E-state index is 13.2. The minimum absolute atomic E-state index is 0.194. The van der Waals surface area contributed by atoms with Gasteiger partial charge in [-0.2, -0.15) is 0 Å². The van der Waals surface area contributed by atoms with E-state index >= 15 is 0 Å². The van der Waals surface area contributed by atoms with Gasteiger partial charge in [0.1, 0.15) is 5.82 Å². The van der Waals surface area contributed by atoms with E-state index in [2.05, 4.69) is 51.3 Å². The van der Waals surface area contributed by atoms with Crippen molar-refractivity contribution in [2.45, 2.75) is 20.0 Å². The van der Waals surface area contributed by atoms with E-state index < -0.39 is 0 Å². The Morgan fingerprint density at radius 3 is 2.62 bits per heavy atom. The molecule has 2 aromatic carbocycles. The van der Waals surface area contributed by atoms with Crippen molar-refractivity contribution in [3.63, 3.8) is 0 Å². The third kappa shape index (κ3) is 4.55. The molecule has 112 valence electrons. The number of anilines is 1. The van der Waals surface area contributed by atoms with Gasteiger partial charge in [0.2, 0.25) is 0 Å². The average Bonchev–Trinajstić information content (AvgIpc) is 2.45. The molecule has 1 N–H and O–H groups in total. The summed E-state index contributed by atoms with van der Waals surface area (Å²) < 4.78 is 14.3. The van der Waals surface area contributed by atoms with Gasteiger partial charge in [-0.15, -0.1) is 0 Å². The van der Waals surface area contributed by atoms with E-state index in [0.29, 0.717) is 6.54 Å². The fourth-order valence-corrected chi connectivity index (χ4v) is 2.96. The topological polar surface area (TPSA) is 15.3 Å². The highest BCUT2D eigenvalue weighted by molar-refractivity contribution is 9.10. The molecule has 21 heavy (non-hydrogen) atoms. The fraction of sp³-hybridized carbons (Fsp3) is 0.294. The van der Waals surface area contributed by atoms with Gasteiger partial charge in [-0.3, -0.25) is 0 Å². The molecule has 0 saturated heterocycles. The number of nitrogens with one attached hydrogen (secondary N) is 1. The molecule has 0 unspecified atom stereocenters. The molecule has 0 saturated carbocycles. The van der Waals surface area contributed by atoms with Crippen molar-refractivity contribution in [3.8, 4) is 0 Å². The second kappa shape index (κ2) is 7.57. The number of benzene rings is 2. The molecule has 0 aliphatic carbocycles. The van der Waals surface area contributed by atoms with Gasteiger partial charge in [-0.1, -0.05) is 25.1 Å². The van der Waals surface area contributed by atoms with Crippen molar-refractivity contribution >= 4 is 21.6 Å². The number of nitrogens with zero attached hydrogens (tertiary/aromatic N) is 1. The van der Waals surface area contributed by atoms with Crippen molar-refractivity contribution in [3.05, 3.63) is 63.9 Å². The molecule has 0 aliphatic heterocycles. The Kier molecular flexibility index (Phi) is 5.76. The third-order valence-electron chi connectivity index (χ3n) is 3.31. The number of hydrogen-bond acceptors (Lipinski definition) is 2. The Labute approximate surface area is 134 Å². The highest BCUT2D eigenvalue weighted by atomic mass is 79.9. The minimum Gasteiger partial charge on any atom is -0.369 e. The van der Waals surface area contributed by atoms with Crippen LogP contribution >= 0.6 is 15.9 Å². The first kappa shape index (κ1) is 16.0. The lowest BCUT2D eigenvalue weighted by atomic mass is 10.1. The molecule has 2 aromatic rings. The zero-order valence-corrected chi connectivity index (χ0v) is 14.0. The summed E-state index contributed by atoms with van der Waals surface area (Å²) in [7, 11) is 2.01. The highest BCUT2D eigenvalue weighted by Crippen LogP contribution is 2.27. The molecule has 0 heterocycles. The van der Waals surface area contributed by atoms with Crippen molar-refractivity contribution < 1.29 is 4.39 Å². The first-order chi connectivity index (χ1) is 10.1. The largest absolute Gasteiger partial charge is 0.369 e. The van der Waals surface area contributed by atoms with Gasteiger partial charge in [0, 0.05) is 24.6 Å². The summed E-state index contributed by atoms with van der Waals surface area (Å²) in [5, 5.41) is 3.31. The van der Waals surface area contributed by atoms with E-state index in [0.717, 1.165) is 28.8 Å². The van der Waals surface area contributed by atoms with E-state index in [1.165, 1.54) is 11.6 Å². The van der Waals surface area contributed by atoms with Crippen LogP contribution in [0.3, 0.4) is 0 Å². The molecular weight excluding hydrogens is 331 g/mol. The summed E-state index contributed by atoms with van der Waals surface area (Å²) in [6.45, 7) is 4.58. The van der Waals surface area contributed by atoms with Crippen LogP contribution in [0.4, 0.5) is 10.1 Å². The lowest BCUT2D eigenvalue weighted by Gasteiger charge is -2.21. The van der Waals surface area contributed by atoms with E-state index in [4.69, 9.17) is 0 Å². The summed E-state index contributed by atoms with van der Waals surface area (Å²) in [5.41, 5.74) is 3.30. The van der Waals surface area contributed by atoms with Gasteiger partial charge in [0.05, 0.1) is 5.69 Å². The van der Waals surface area contributed by atoms with Crippen LogP contribution in [0.15, 0.2) is 46.9 Å². The van der Waals surface area contributed by atoms with E-state index in [-0.39, 0.29) is 5.82 Å². The summed E-state index contributed by atoms with van der Waals surface area (Å²) in [6.07, 6.45) is 0. The Hall–Kier alpha value is -1.39. The van der Waals surface area contributed by atoms with Crippen molar-refractivity contribution in [2.75, 3.05) is 18.5 Å². The van der Waals surface area contributed by atoms with Gasteiger partial charge >= 0.3 is 0 Å². The summed E-state index contributed by atoms with van der Waals surface area (Å²) in [5.74, 6) is -0.194. The lowest BCUT2D eigenvalue weighted by Crippen LogP contribution is -2.17. The molecule has 2 nitrogen and oxygen atoms in total. The molecule has 2 rings (SSSR count). The van der Waals surface area contributed by atoms with Crippen LogP contribution in [-0.2, 0) is 13.1 Å². The first-order valence-electron chi connectivity index (χ1n) is 7.05. The van der Waals surface area contributed by atoms with Crippen molar-refractivity contribution in [2.24, 2.45) is 0 Å². The number of halogens is 2. The molecule has 0 fully saturated rings. The van der Waals surface area contributed by atoms with Crippen LogP contribution in [0, 0.1) is 5.82 Å². The van der Waals surface area contributed by atoms with Crippen molar-refractivity contribution in [1.82, 2.24) is 5.32 Å². The number of rotatable bonds is 6. The predicted molar refractivity (Wildman–Crippen MR) is 90.0 cm³/mol. The molecule has 0 radical (unpaired) electrons. The summed E-state index contributed by atoms with van der Waals surface area (Å²) in [6, 6.07) is 13.1. The maximum atomic E-state index is 13.2. The van der Waals surface area contributed by atoms with Crippen molar-refractivity contribution in [1.29, 1.82) is 0 Å². The van der Waals surface area contributed by atoms with Crippen LogP contribution in [0.5, 0.6) is 0 Å². The number of hydrogen-bond donors (Lipinski definition) is 1. The molecule has 4 heteroatoms. The Bertz CT molecular complexity index is 601. The van der Waals surface area contributed by atoms with E-state index in [9.17, 15) is 4.39 Å². The smallest absolute Gasteiger partial charge is 0.123 e. The van der Waals surface area contributed by atoms with E-state index in [1.54, 1.807) is 12.1 Å². The van der Waals surface area contributed by atoms with Gasteiger partial charge in [0.15, 0.2) is 0 Å². The molecule has 0 aromatic heterocycles. The molecule has 0 amide bonds. The van der Waals surface area contributed by atoms with Crippen LogP contribution in [0.2, 0.25) is 0 Å². The molecular formula is C17H20BrFN2. The highest BCUT2D eigenvalue weighted by Gasteiger charge is 2.08. The van der Waals surface area contributed by atoms with Gasteiger partial charge in [0.25, 0.3) is 0 Å². The van der Waals surface area contributed by atoms with Crippen LogP contribution in [0.25, 0.3) is 0 Å². The first-order valence-corrected chi connectivity index (χ1v) is 7.84. The Balaban J connectivity index is 2.10. The summed E-state index contributed by atoms with van der Waals surface area (Å²) >= 11 is 3.62. The second-order valence-electron chi connectivity index (χ2n) is 5.05. The minimum atomic E-state index is -0.194. The molecule has 0 atom stereocenters. The normalized spacial score (nSPS) is 10.7. The quantitative estimate of drug-likeness (QED) is 0.833. The zero-order valence-electron chi connectivity index (χ0n) is 12.4. The molecule has 0 bridgehead atoms. The Morgan fingerprint density at radius 1 is 1.14 bits per heavy atom. The van der Waals surface area contributed by atoms with Crippen LogP contribution in [0.1, 0.15) is 18.1 Å². The third-order valence-corrected chi connectivity index (χ3v) is 3.95. The predicted octanol–water partition coefficient (Wildman–Crippen LogP) is 4.33. The summed E-state index contributed by atoms with van der Waals surface area (Å²) in [4.78, 5) is 2.11. The Morgan fingerprint density at radius 2 is 1.95 bits per heavy atom.